The number of rotatable bonds is 4. The average molecular weight is 414 g/mol. The van der Waals surface area contributed by atoms with Gasteiger partial charge in [0.2, 0.25) is 0 Å². The summed E-state index contributed by atoms with van der Waals surface area (Å²) in [6, 6.07) is 9.65. The zero-order valence-electron chi connectivity index (χ0n) is 13.8. The monoisotopic (exact) mass is 413 g/mol. The second-order valence-corrected chi connectivity index (χ2v) is 6.24. The molecule has 0 fully saturated rings. The molecule has 0 unspecified atom stereocenters. The number of nitrogens with zero attached hydrogens (tertiary/aromatic N) is 1. The van der Waals surface area contributed by atoms with Gasteiger partial charge in [0.15, 0.2) is 0 Å². The van der Waals surface area contributed by atoms with E-state index in [1.54, 1.807) is 24.3 Å². The summed E-state index contributed by atoms with van der Waals surface area (Å²) in [5.74, 6) is -0.876. The van der Waals surface area contributed by atoms with Crippen molar-refractivity contribution in [2.75, 3.05) is 10.6 Å². The molecule has 0 aliphatic rings. The van der Waals surface area contributed by atoms with E-state index in [0.29, 0.717) is 16.8 Å². The summed E-state index contributed by atoms with van der Waals surface area (Å²) in [4.78, 5) is 12.1. The summed E-state index contributed by atoms with van der Waals surface area (Å²) in [5.41, 5.74) is -0.173. The number of nitrogens with one attached hydrogen (secondary N) is 2. The maximum atomic E-state index is 12.9. The first kappa shape index (κ1) is 20.6. The van der Waals surface area contributed by atoms with E-state index in [9.17, 15) is 18.0 Å². The molecule has 27 heavy (non-hydrogen) atoms. The van der Waals surface area contributed by atoms with Crippen LogP contribution in [0.2, 0.25) is 10.0 Å². The normalized spacial score (nSPS) is 11.7. The molecule has 140 valence electrons. The van der Waals surface area contributed by atoms with Crippen LogP contribution in [-0.2, 0) is 11.0 Å². The zero-order valence-corrected chi connectivity index (χ0v) is 15.3. The highest BCUT2D eigenvalue weighted by molar-refractivity contribution is 6.32. The van der Waals surface area contributed by atoms with Crippen LogP contribution in [0.4, 0.5) is 24.5 Å². The number of benzene rings is 2. The predicted molar refractivity (Wildman–Crippen MR) is 98.6 cm³/mol. The van der Waals surface area contributed by atoms with E-state index in [4.69, 9.17) is 28.5 Å². The van der Waals surface area contributed by atoms with Crippen molar-refractivity contribution < 1.29 is 18.0 Å². The Kier molecular flexibility index (Phi) is 6.37. The molecule has 0 aromatic heterocycles. The molecule has 0 bridgehead atoms. The Morgan fingerprint density at radius 2 is 1.78 bits per heavy atom. The van der Waals surface area contributed by atoms with E-state index < -0.39 is 22.7 Å². The summed E-state index contributed by atoms with van der Waals surface area (Å²) in [5, 5.41) is 14.1. The molecule has 0 spiro atoms. The van der Waals surface area contributed by atoms with Gasteiger partial charge in [-0.3, -0.25) is 4.79 Å². The van der Waals surface area contributed by atoms with Gasteiger partial charge >= 0.3 is 6.18 Å². The fourth-order valence-electron chi connectivity index (χ4n) is 2.01. The van der Waals surface area contributed by atoms with Crippen LogP contribution in [0, 0.1) is 18.3 Å². The fourth-order valence-corrected chi connectivity index (χ4v) is 2.41. The van der Waals surface area contributed by atoms with Gasteiger partial charge in [0.25, 0.3) is 5.91 Å². The Bertz CT molecular complexity index is 950. The van der Waals surface area contributed by atoms with Crippen molar-refractivity contribution in [1.82, 2.24) is 0 Å². The van der Waals surface area contributed by atoms with Crippen molar-refractivity contribution in [3.63, 3.8) is 0 Å². The summed E-state index contributed by atoms with van der Waals surface area (Å²) in [6.07, 6.45) is -3.53. The molecular formula is C18H12Cl2F3N3O. The van der Waals surface area contributed by atoms with E-state index >= 15 is 0 Å². The summed E-state index contributed by atoms with van der Waals surface area (Å²) >= 11 is 11.5. The van der Waals surface area contributed by atoms with E-state index in [0.717, 1.165) is 17.8 Å². The molecule has 2 aromatic rings. The van der Waals surface area contributed by atoms with Crippen molar-refractivity contribution in [1.29, 1.82) is 5.26 Å². The van der Waals surface area contributed by atoms with Crippen LogP contribution in [0.15, 0.2) is 48.2 Å². The lowest BCUT2D eigenvalue weighted by Crippen LogP contribution is -2.15. The van der Waals surface area contributed by atoms with Gasteiger partial charge in [-0.25, -0.2) is 0 Å². The third-order valence-electron chi connectivity index (χ3n) is 3.45. The van der Waals surface area contributed by atoms with Crippen molar-refractivity contribution in [2.45, 2.75) is 13.1 Å². The molecule has 0 aliphatic carbocycles. The molecular weight excluding hydrogens is 402 g/mol. The Balaban J connectivity index is 2.17. The van der Waals surface area contributed by atoms with Crippen LogP contribution in [-0.4, -0.2) is 5.91 Å². The molecule has 0 heterocycles. The number of hydrogen-bond acceptors (Lipinski definition) is 3. The number of halogens is 5. The summed E-state index contributed by atoms with van der Waals surface area (Å²) in [6.45, 7) is 1.82. The number of hydrogen-bond donors (Lipinski definition) is 2. The molecule has 2 aromatic carbocycles. The van der Waals surface area contributed by atoms with E-state index in [-0.39, 0.29) is 11.3 Å². The zero-order chi connectivity index (χ0) is 20.2. The molecule has 4 nitrogen and oxygen atoms in total. The number of anilines is 2. The second kappa shape index (κ2) is 8.33. The molecule has 0 saturated carbocycles. The molecule has 2 rings (SSSR count). The van der Waals surface area contributed by atoms with Gasteiger partial charge in [-0.15, -0.1) is 0 Å². The smallest absolute Gasteiger partial charge is 0.360 e. The number of carbonyl (C=O) groups excluding carboxylic acids is 1. The van der Waals surface area contributed by atoms with Crippen LogP contribution in [0.25, 0.3) is 0 Å². The summed E-state index contributed by atoms with van der Waals surface area (Å²) in [7, 11) is 0. The number of aryl methyl sites for hydroxylation is 1. The quantitative estimate of drug-likeness (QED) is 0.493. The Labute approximate surface area is 163 Å². The Hall–Kier alpha value is -2.69. The predicted octanol–water partition coefficient (Wildman–Crippen LogP) is 5.78. The Morgan fingerprint density at radius 3 is 2.37 bits per heavy atom. The lowest BCUT2D eigenvalue weighted by atomic mass is 10.2. The topological polar surface area (TPSA) is 64.9 Å². The van der Waals surface area contributed by atoms with Crippen LogP contribution in [0.1, 0.15) is 11.1 Å². The second-order valence-electron chi connectivity index (χ2n) is 5.42. The maximum Gasteiger partial charge on any atom is 0.417 e. The van der Waals surface area contributed by atoms with Crippen molar-refractivity contribution in [3.05, 3.63) is 69.3 Å². The first-order valence-corrected chi connectivity index (χ1v) is 8.18. The van der Waals surface area contributed by atoms with Gasteiger partial charge in [0.05, 0.1) is 10.6 Å². The fraction of sp³-hybridized carbons (Fsp3) is 0.111. The largest absolute Gasteiger partial charge is 0.417 e. The number of alkyl halides is 3. The number of nitriles is 1. The van der Waals surface area contributed by atoms with E-state index in [2.05, 4.69) is 10.6 Å². The first-order valence-electron chi connectivity index (χ1n) is 7.43. The molecule has 0 aliphatic heterocycles. The highest BCUT2D eigenvalue weighted by atomic mass is 35.5. The van der Waals surface area contributed by atoms with E-state index in [1.165, 1.54) is 6.07 Å². The van der Waals surface area contributed by atoms with Gasteiger partial charge in [0.1, 0.15) is 11.6 Å². The maximum absolute atomic E-state index is 12.9. The first-order chi connectivity index (χ1) is 12.6. The van der Waals surface area contributed by atoms with Gasteiger partial charge in [-0.1, -0.05) is 29.3 Å². The minimum atomic E-state index is -4.67. The highest BCUT2D eigenvalue weighted by Crippen LogP contribution is 2.36. The van der Waals surface area contributed by atoms with Gasteiger partial charge in [0, 0.05) is 22.6 Å². The van der Waals surface area contributed by atoms with Crippen LogP contribution < -0.4 is 10.6 Å². The minimum absolute atomic E-state index is 0.142. The van der Waals surface area contributed by atoms with Crippen molar-refractivity contribution in [3.8, 4) is 6.07 Å². The molecule has 0 radical (unpaired) electrons. The molecule has 1 amide bonds. The minimum Gasteiger partial charge on any atom is -0.360 e. The standard InChI is InChI=1S/C18H12Cl2F3N3O/c1-10-2-3-12(7-16(10)20)25-9-11(8-24)17(27)26-13-4-5-15(19)14(6-13)18(21,22)23/h2-7,9,25H,1H3,(H,26,27)/b11-9-. The van der Waals surface area contributed by atoms with Gasteiger partial charge in [-0.2, -0.15) is 18.4 Å². The van der Waals surface area contributed by atoms with Crippen LogP contribution in [0.3, 0.4) is 0 Å². The molecule has 2 N–H and O–H groups in total. The van der Waals surface area contributed by atoms with Crippen LogP contribution in [0.5, 0.6) is 0 Å². The van der Waals surface area contributed by atoms with Crippen molar-refractivity contribution in [2.24, 2.45) is 0 Å². The average Bonchev–Trinajstić information content (AvgIpc) is 2.59. The third-order valence-corrected chi connectivity index (χ3v) is 4.19. The lowest BCUT2D eigenvalue weighted by Gasteiger charge is -2.11. The summed E-state index contributed by atoms with van der Waals surface area (Å²) < 4.78 is 38.6. The lowest BCUT2D eigenvalue weighted by molar-refractivity contribution is -0.137. The van der Waals surface area contributed by atoms with Crippen molar-refractivity contribution >= 4 is 40.5 Å². The number of carbonyl (C=O) groups is 1. The Morgan fingerprint density at radius 1 is 1.11 bits per heavy atom. The highest BCUT2D eigenvalue weighted by Gasteiger charge is 2.33. The van der Waals surface area contributed by atoms with E-state index in [1.807, 2.05) is 6.92 Å². The van der Waals surface area contributed by atoms with Gasteiger partial charge in [-0.05, 0) is 42.8 Å². The van der Waals surface area contributed by atoms with Gasteiger partial charge < -0.3 is 10.6 Å². The third kappa shape index (κ3) is 5.39. The molecule has 0 atom stereocenters. The molecule has 9 heteroatoms. The molecule has 0 saturated heterocycles. The number of amides is 1. The van der Waals surface area contributed by atoms with Crippen LogP contribution >= 0.6 is 23.2 Å². The SMILES string of the molecule is Cc1ccc(N/C=C(/C#N)C(=O)Nc2ccc(Cl)c(C(F)(F)F)c2)cc1Cl.